The maximum absolute atomic E-state index is 12.4. The topological polar surface area (TPSA) is 56.9 Å². The van der Waals surface area contributed by atoms with Crippen molar-refractivity contribution in [1.82, 2.24) is 4.98 Å². The zero-order valence-corrected chi connectivity index (χ0v) is 8.99. The molecule has 74 valence electrons. The molecule has 0 saturated carbocycles. The fourth-order valence-electron chi connectivity index (χ4n) is 0.935. The van der Waals surface area contributed by atoms with Gasteiger partial charge in [-0.2, -0.15) is 5.26 Å². The van der Waals surface area contributed by atoms with Gasteiger partial charge in [-0.1, -0.05) is 0 Å². The lowest BCUT2D eigenvalue weighted by atomic mass is 10.2. The van der Waals surface area contributed by atoms with Crippen molar-refractivity contribution >= 4 is 22.6 Å². The van der Waals surface area contributed by atoms with Gasteiger partial charge in [0.25, 0.3) is 6.43 Å². The first-order valence-corrected chi connectivity index (χ1v) is 4.66. The highest BCUT2D eigenvalue weighted by Gasteiger charge is 2.16. The fraction of sp³-hybridized carbons (Fsp3) is 0.250. The fourth-order valence-corrected chi connectivity index (χ4v) is 1.51. The third-order valence-electron chi connectivity index (χ3n) is 1.58. The zero-order chi connectivity index (χ0) is 10.7. The highest BCUT2D eigenvalue weighted by molar-refractivity contribution is 14.1. The van der Waals surface area contributed by atoms with Gasteiger partial charge in [0.2, 0.25) is 0 Å². The number of aliphatic hydroxyl groups excluding tert-OH is 1. The molecular weight excluding hydrogens is 305 g/mol. The van der Waals surface area contributed by atoms with Crippen molar-refractivity contribution in [3.63, 3.8) is 0 Å². The summed E-state index contributed by atoms with van der Waals surface area (Å²) in [5.41, 5.74) is -0.410. The molecule has 14 heavy (non-hydrogen) atoms. The van der Waals surface area contributed by atoms with Gasteiger partial charge in [-0.25, -0.2) is 13.8 Å². The molecule has 1 N–H and O–H groups in total. The van der Waals surface area contributed by atoms with Gasteiger partial charge in [0, 0.05) is 5.56 Å². The quantitative estimate of drug-likeness (QED) is 0.850. The molecule has 1 rings (SSSR count). The van der Waals surface area contributed by atoms with Crippen LogP contribution in [0.4, 0.5) is 8.78 Å². The molecule has 0 spiro atoms. The monoisotopic (exact) mass is 310 g/mol. The maximum atomic E-state index is 12.4. The van der Waals surface area contributed by atoms with Crippen LogP contribution < -0.4 is 0 Å². The first kappa shape index (κ1) is 11.3. The molecule has 6 heteroatoms. The first-order valence-electron chi connectivity index (χ1n) is 3.58. The summed E-state index contributed by atoms with van der Waals surface area (Å²) in [6.45, 7) is -0.592. The van der Waals surface area contributed by atoms with Crippen LogP contribution in [0.2, 0.25) is 0 Å². The van der Waals surface area contributed by atoms with Gasteiger partial charge in [-0.05, 0) is 28.7 Å². The summed E-state index contributed by atoms with van der Waals surface area (Å²) in [6, 6.07) is 2.93. The molecule has 0 atom stereocenters. The second-order valence-corrected chi connectivity index (χ2v) is 3.59. The minimum Gasteiger partial charge on any atom is -0.390 e. The van der Waals surface area contributed by atoms with E-state index in [0.29, 0.717) is 3.57 Å². The van der Waals surface area contributed by atoms with E-state index in [0.717, 1.165) is 0 Å². The van der Waals surface area contributed by atoms with Crippen LogP contribution in [0.3, 0.4) is 0 Å². The number of hydrogen-bond acceptors (Lipinski definition) is 3. The van der Waals surface area contributed by atoms with Gasteiger partial charge in [-0.15, -0.1) is 0 Å². The molecule has 0 aliphatic rings. The smallest absolute Gasteiger partial charge is 0.265 e. The Morgan fingerprint density at radius 3 is 2.71 bits per heavy atom. The van der Waals surface area contributed by atoms with E-state index in [4.69, 9.17) is 10.4 Å². The van der Waals surface area contributed by atoms with Crippen LogP contribution in [0.5, 0.6) is 0 Å². The average molecular weight is 310 g/mol. The van der Waals surface area contributed by atoms with Gasteiger partial charge in [-0.3, -0.25) is 0 Å². The van der Waals surface area contributed by atoms with Crippen LogP contribution in [0.1, 0.15) is 23.4 Å². The Labute approximate surface area is 92.5 Å². The number of alkyl halides is 2. The van der Waals surface area contributed by atoms with E-state index in [2.05, 4.69) is 4.98 Å². The normalized spacial score (nSPS) is 10.3. The molecule has 0 aliphatic carbocycles. The van der Waals surface area contributed by atoms with Gasteiger partial charge in [0.1, 0.15) is 6.07 Å². The molecule has 0 amide bonds. The van der Waals surface area contributed by atoms with Gasteiger partial charge >= 0.3 is 0 Å². The number of nitriles is 1. The molecule has 0 fully saturated rings. The molecule has 0 bridgehead atoms. The Bertz CT molecular complexity index is 390. The van der Waals surface area contributed by atoms with Crippen LogP contribution in [0.25, 0.3) is 0 Å². The number of aromatic nitrogens is 1. The Kier molecular flexibility index (Phi) is 3.71. The minimum absolute atomic E-state index is 0.0547. The third-order valence-corrected chi connectivity index (χ3v) is 2.40. The molecule has 0 unspecified atom stereocenters. The largest absolute Gasteiger partial charge is 0.390 e. The van der Waals surface area contributed by atoms with E-state index in [-0.39, 0.29) is 17.0 Å². The Morgan fingerprint density at radius 2 is 2.29 bits per heavy atom. The predicted octanol–water partition coefficient (Wildman–Crippen LogP) is 1.99. The summed E-state index contributed by atoms with van der Waals surface area (Å²) in [5, 5.41) is 17.4. The highest BCUT2D eigenvalue weighted by atomic mass is 127. The lowest BCUT2D eigenvalue weighted by molar-refractivity contribution is 0.146. The highest BCUT2D eigenvalue weighted by Crippen LogP contribution is 2.24. The summed E-state index contributed by atoms with van der Waals surface area (Å²) < 4.78 is 25.1. The molecule has 0 aromatic carbocycles. The number of pyridine rings is 1. The van der Waals surface area contributed by atoms with E-state index in [1.165, 1.54) is 6.07 Å². The predicted molar refractivity (Wildman–Crippen MR) is 52.5 cm³/mol. The summed E-state index contributed by atoms with van der Waals surface area (Å²) in [4.78, 5) is 3.63. The number of nitrogens with zero attached hydrogens (tertiary/aromatic N) is 2. The summed E-state index contributed by atoms with van der Waals surface area (Å²) in [7, 11) is 0. The lowest BCUT2D eigenvalue weighted by Crippen LogP contribution is -2.02. The van der Waals surface area contributed by atoms with Crippen molar-refractivity contribution < 1.29 is 13.9 Å². The van der Waals surface area contributed by atoms with Crippen molar-refractivity contribution in [1.29, 1.82) is 5.26 Å². The lowest BCUT2D eigenvalue weighted by Gasteiger charge is -2.06. The molecule has 3 nitrogen and oxygen atoms in total. The summed E-state index contributed by atoms with van der Waals surface area (Å²) in [5.74, 6) is 0. The molecular formula is C8H5F2IN2O. The summed E-state index contributed by atoms with van der Waals surface area (Å²) >= 11 is 1.75. The molecule has 1 aromatic heterocycles. The first-order chi connectivity index (χ1) is 6.60. The van der Waals surface area contributed by atoms with Crippen molar-refractivity contribution in [3.05, 3.63) is 26.6 Å². The van der Waals surface area contributed by atoms with E-state index in [1.807, 2.05) is 0 Å². The number of halogens is 3. The minimum atomic E-state index is -2.69. The van der Waals surface area contributed by atoms with Gasteiger partial charge in [0.15, 0.2) is 5.69 Å². The molecule has 1 aromatic rings. The van der Waals surface area contributed by atoms with E-state index < -0.39 is 13.0 Å². The molecule has 0 aliphatic heterocycles. The summed E-state index contributed by atoms with van der Waals surface area (Å²) in [6.07, 6.45) is -2.69. The van der Waals surface area contributed by atoms with Crippen LogP contribution in [-0.2, 0) is 6.61 Å². The second kappa shape index (κ2) is 4.61. The van der Waals surface area contributed by atoms with Crippen molar-refractivity contribution in [3.8, 4) is 6.07 Å². The maximum Gasteiger partial charge on any atom is 0.265 e. The van der Waals surface area contributed by atoms with Crippen LogP contribution in [-0.4, -0.2) is 10.1 Å². The van der Waals surface area contributed by atoms with E-state index in [9.17, 15) is 8.78 Å². The number of hydrogen-bond donors (Lipinski definition) is 1. The van der Waals surface area contributed by atoms with Gasteiger partial charge in [0.05, 0.1) is 15.9 Å². The van der Waals surface area contributed by atoms with Crippen LogP contribution in [0, 0.1) is 14.9 Å². The van der Waals surface area contributed by atoms with Crippen LogP contribution in [0.15, 0.2) is 6.07 Å². The number of aliphatic hydroxyl groups is 1. The van der Waals surface area contributed by atoms with E-state index >= 15 is 0 Å². The van der Waals surface area contributed by atoms with Crippen molar-refractivity contribution in [2.45, 2.75) is 13.0 Å². The zero-order valence-electron chi connectivity index (χ0n) is 6.84. The third kappa shape index (κ3) is 2.16. The standard InChI is InChI=1S/C8H5F2IN2O/c9-8(10)4-1-5(11)6(2-12)13-7(4)3-14/h1,8,14H,3H2. The molecule has 0 radical (unpaired) electrons. The van der Waals surface area contributed by atoms with Crippen LogP contribution >= 0.6 is 22.6 Å². The number of rotatable bonds is 2. The average Bonchev–Trinajstić information content (AvgIpc) is 2.17. The SMILES string of the molecule is N#Cc1nc(CO)c(C(F)F)cc1I. The Hall–Kier alpha value is -0.810. The van der Waals surface area contributed by atoms with E-state index in [1.54, 1.807) is 28.7 Å². The molecule has 0 saturated heterocycles. The Morgan fingerprint density at radius 1 is 1.64 bits per heavy atom. The molecule has 1 heterocycles. The van der Waals surface area contributed by atoms with Gasteiger partial charge < -0.3 is 5.11 Å². The Balaban J connectivity index is 3.33. The second-order valence-electron chi connectivity index (χ2n) is 2.43. The van der Waals surface area contributed by atoms with Crippen molar-refractivity contribution in [2.24, 2.45) is 0 Å². The van der Waals surface area contributed by atoms with Crippen molar-refractivity contribution in [2.75, 3.05) is 0 Å².